The smallest absolute Gasteiger partial charge is 0.405 e. The van der Waals surface area contributed by atoms with Crippen molar-refractivity contribution in [3.8, 4) is 16.9 Å². The number of aryl methyl sites for hydroxylation is 1. The van der Waals surface area contributed by atoms with E-state index in [1.807, 2.05) is 0 Å². The van der Waals surface area contributed by atoms with E-state index < -0.39 is 12.4 Å². The standard InChI is InChI=1S/C38H42F4N6O4/c1-46-22-30(28-8-13-43-20-29(28)37(46)51)25-2-3-26(34(18-25)52-38(40,41)42)21-47-14-9-23(10-15-47)24-11-16-48(17-12-24)33-6-4-27(19-31(33)39)44-32-5-7-35(49)45-36(32)50/h2-3,8,13,18-20,22-24,32,44H,4-7,9-12,14-17,21H2,1H3,(H,45,49,50). The number of amides is 2. The molecule has 14 heteroatoms. The number of carbonyl (C=O) groups excluding carboxylic acids is 2. The highest BCUT2D eigenvalue weighted by Gasteiger charge is 2.35. The van der Waals surface area contributed by atoms with Crippen molar-refractivity contribution in [1.82, 2.24) is 30.0 Å². The first-order valence-corrected chi connectivity index (χ1v) is 17.9. The van der Waals surface area contributed by atoms with Gasteiger partial charge in [-0.2, -0.15) is 0 Å². The number of nitrogens with zero attached hydrogens (tertiary/aromatic N) is 4. The van der Waals surface area contributed by atoms with E-state index in [0.29, 0.717) is 76.5 Å². The highest BCUT2D eigenvalue weighted by molar-refractivity contribution is 6.00. The summed E-state index contributed by atoms with van der Waals surface area (Å²) in [5, 5.41) is 6.41. The summed E-state index contributed by atoms with van der Waals surface area (Å²) in [7, 11) is 1.60. The summed E-state index contributed by atoms with van der Waals surface area (Å²) in [6.07, 6.45) is 6.81. The van der Waals surface area contributed by atoms with Crippen LogP contribution in [0.15, 0.2) is 70.9 Å². The fourth-order valence-corrected chi connectivity index (χ4v) is 8.24. The number of hydrogen-bond acceptors (Lipinski definition) is 8. The summed E-state index contributed by atoms with van der Waals surface area (Å²) in [6.45, 7) is 3.36. The van der Waals surface area contributed by atoms with Gasteiger partial charge in [-0.15, -0.1) is 13.2 Å². The Morgan fingerprint density at radius 3 is 2.37 bits per heavy atom. The second-order valence-electron chi connectivity index (χ2n) is 14.3. The van der Waals surface area contributed by atoms with Crippen LogP contribution in [-0.2, 0) is 23.2 Å². The number of pyridine rings is 2. The summed E-state index contributed by atoms with van der Waals surface area (Å²) < 4.78 is 62.1. The molecule has 52 heavy (non-hydrogen) atoms. The van der Waals surface area contributed by atoms with E-state index in [2.05, 4.69) is 30.2 Å². The van der Waals surface area contributed by atoms with E-state index in [9.17, 15) is 27.6 Å². The van der Waals surface area contributed by atoms with E-state index in [-0.39, 0.29) is 35.4 Å². The highest BCUT2D eigenvalue weighted by atomic mass is 19.4. The van der Waals surface area contributed by atoms with Crippen LogP contribution >= 0.6 is 0 Å². The van der Waals surface area contributed by atoms with Crippen molar-refractivity contribution in [2.24, 2.45) is 18.9 Å². The Balaban J connectivity index is 0.954. The van der Waals surface area contributed by atoms with E-state index >= 15 is 4.39 Å². The lowest BCUT2D eigenvalue weighted by Crippen LogP contribution is -2.50. The van der Waals surface area contributed by atoms with Gasteiger partial charge >= 0.3 is 6.36 Å². The minimum Gasteiger partial charge on any atom is -0.405 e. The molecule has 2 amide bonds. The molecule has 3 fully saturated rings. The van der Waals surface area contributed by atoms with Crippen molar-refractivity contribution >= 4 is 22.6 Å². The lowest BCUT2D eigenvalue weighted by molar-refractivity contribution is -0.275. The number of hydrogen-bond donors (Lipinski definition) is 2. The fourth-order valence-electron chi connectivity index (χ4n) is 8.24. The van der Waals surface area contributed by atoms with E-state index in [1.165, 1.54) is 22.9 Å². The van der Waals surface area contributed by atoms with Gasteiger partial charge in [-0.25, -0.2) is 4.39 Å². The Morgan fingerprint density at radius 1 is 0.942 bits per heavy atom. The molecule has 3 saturated heterocycles. The number of ether oxygens (including phenoxy) is 1. The molecule has 2 N–H and O–H groups in total. The zero-order valence-corrected chi connectivity index (χ0v) is 29.0. The molecule has 276 valence electrons. The molecule has 2 aromatic heterocycles. The lowest BCUT2D eigenvalue weighted by Gasteiger charge is -2.42. The van der Waals surface area contributed by atoms with Crippen molar-refractivity contribution in [2.75, 3.05) is 26.2 Å². The molecule has 3 aromatic rings. The van der Waals surface area contributed by atoms with Crippen molar-refractivity contribution < 1.29 is 31.9 Å². The van der Waals surface area contributed by atoms with Gasteiger partial charge in [-0.3, -0.25) is 29.6 Å². The fraction of sp³-hybridized carbons (Fsp3) is 0.474. The minimum atomic E-state index is -4.87. The number of imide groups is 1. The number of halogens is 4. The summed E-state index contributed by atoms with van der Waals surface area (Å²) >= 11 is 0. The van der Waals surface area contributed by atoms with Crippen molar-refractivity contribution in [2.45, 2.75) is 70.3 Å². The third-order valence-corrected chi connectivity index (χ3v) is 11.0. The Hall–Kier alpha value is -4.72. The predicted molar refractivity (Wildman–Crippen MR) is 186 cm³/mol. The Labute approximate surface area is 298 Å². The number of carbonyl (C=O) groups is 2. The van der Waals surface area contributed by atoms with Crippen molar-refractivity contribution in [3.63, 3.8) is 0 Å². The van der Waals surface area contributed by atoms with Crippen LogP contribution in [0, 0.1) is 11.8 Å². The number of allylic oxidation sites excluding steroid dienone is 4. The molecule has 4 aliphatic rings. The molecule has 0 spiro atoms. The van der Waals surface area contributed by atoms with Gasteiger partial charge < -0.3 is 19.5 Å². The predicted octanol–water partition coefficient (Wildman–Crippen LogP) is 5.68. The van der Waals surface area contributed by atoms with Gasteiger partial charge in [-0.1, -0.05) is 12.1 Å². The van der Waals surface area contributed by atoms with E-state index in [4.69, 9.17) is 0 Å². The van der Waals surface area contributed by atoms with Gasteiger partial charge in [0.05, 0.1) is 11.1 Å². The molecule has 5 heterocycles. The van der Waals surface area contributed by atoms with Crippen LogP contribution in [-0.4, -0.2) is 69.7 Å². The normalized spacial score (nSPS) is 21.4. The van der Waals surface area contributed by atoms with Crippen LogP contribution in [0.3, 0.4) is 0 Å². The molecule has 1 aliphatic carbocycles. The molecular weight excluding hydrogens is 680 g/mol. The number of piperidine rings is 3. The first-order valence-electron chi connectivity index (χ1n) is 17.9. The maximum atomic E-state index is 15.3. The SMILES string of the molecule is Cn1cc(-c2ccc(CN3CCC(C4CCN(C5=C(F)C=C(NC6CCC(=O)NC6=O)CC5)CC4)CC3)c(OC(F)(F)F)c2)c2ccncc2c1=O. The summed E-state index contributed by atoms with van der Waals surface area (Å²) in [5.41, 5.74) is 2.68. The van der Waals surface area contributed by atoms with Crippen LogP contribution < -0.4 is 20.9 Å². The van der Waals surface area contributed by atoms with Gasteiger partial charge in [-0.05, 0) is 99.0 Å². The summed E-state index contributed by atoms with van der Waals surface area (Å²) in [5.74, 6) is -0.204. The number of aromatic nitrogens is 2. The third-order valence-electron chi connectivity index (χ3n) is 11.0. The van der Waals surface area contributed by atoms with Crippen molar-refractivity contribution in [3.05, 3.63) is 82.1 Å². The molecule has 1 unspecified atom stereocenters. The van der Waals surface area contributed by atoms with Crippen LogP contribution in [0.5, 0.6) is 5.75 Å². The first kappa shape index (κ1) is 35.7. The van der Waals surface area contributed by atoms with Gasteiger partial charge in [0.15, 0.2) is 0 Å². The number of alkyl halides is 3. The molecule has 1 atom stereocenters. The lowest BCUT2D eigenvalue weighted by atomic mass is 9.78. The van der Waals surface area contributed by atoms with Crippen LogP contribution in [0.4, 0.5) is 17.6 Å². The van der Waals surface area contributed by atoms with Gasteiger partial charge in [0.1, 0.15) is 17.6 Å². The van der Waals surface area contributed by atoms with Crippen LogP contribution in [0.2, 0.25) is 0 Å². The zero-order valence-electron chi connectivity index (χ0n) is 29.0. The second-order valence-corrected chi connectivity index (χ2v) is 14.3. The molecule has 7 rings (SSSR count). The maximum absolute atomic E-state index is 15.3. The average Bonchev–Trinajstić information content (AvgIpc) is 3.12. The monoisotopic (exact) mass is 722 g/mol. The quantitative estimate of drug-likeness (QED) is 0.226. The summed E-state index contributed by atoms with van der Waals surface area (Å²) in [4.78, 5) is 44.5. The van der Waals surface area contributed by atoms with E-state index in [1.54, 1.807) is 37.6 Å². The molecule has 1 aromatic carbocycles. The number of rotatable bonds is 8. The number of benzene rings is 1. The number of nitrogens with one attached hydrogen (secondary N) is 2. The zero-order chi connectivity index (χ0) is 36.6. The largest absolute Gasteiger partial charge is 0.573 e. The molecule has 0 bridgehead atoms. The second kappa shape index (κ2) is 14.7. The Kier molecular flexibility index (Phi) is 10.1. The van der Waals surface area contributed by atoms with Crippen LogP contribution in [0.1, 0.15) is 56.9 Å². The summed E-state index contributed by atoms with van der Waals surface area (Å²) in [6, 6.07) is 6.00. The average molecular weight is 723 g/mol. The maximum Gasteiger partial charge on any atom is 0.573 e. The molecular formula is C38H42F4N6O4. The van der Waals surface area contributed by atoms with Gasteiger partial charge in [0, 0.05) is 68.5 Å². The molecule has 10 nitrogen and oxygen atoms in total. The van der Waals surface area contributed by atoms with Gasteiger partial charge in [0.25, 0.3) is 5.56 Å². The molecule has 3 aliphatic heterocycles. The number of fused-ring (bicyclic) bond motifs is 1. The first-order chi connectivity index (χ1) is 24.9. The third kappa shape index (κ3) is 7.86. The molecule has 0 radical (unpaired) electrons. The minimum absolute atomic E-state index is 0.242. The number of likely N-dealkylation sites (tertiary alicyclic amines) is 2. The Bertz CT molecular complexity index is 1980. The van der Waals surface area contributed by atoms with Crippen molar-refractivity contribution in [1.29, 1.82) is 0 Å². The van der Waals surface area contributed by atoms with Gasteiger partial charge in [0.2, 0.25) is 11.8 Å². The molecule has 0 saturated carbocycles. The highest BCUT2D eigenvalue weighted by Crippen LogP contribution is 2.38. The van der Waals surface area contributed by atoms with E-state index in [0.717, 1.165) is 51.9 Å². The Morgan fingerprint density at radius 2 is 1.67 bits per heavy atom. The van der Waals surface area contributed by atoms with Crippen LogP contribution in [0.25, 0.3) is 21.9 Å². The topological polar surface area (TPSA) is 109 Å².